The molecular formula is C26H26ClN5. The molecule has 2 aliphatic rings. The second-order valence-electron chi connectivity index (χ2n) is 9.41. The molecule has 6 heteroatoms. The van der Waals surface area contributed by atoms with E-state index in [0.29, 0.717) is 27.8 Å². The molecule has 1 aliphatic carbocycles. The molecular weight excluding hydrogens is 418 g/mol. The largest absolute Gasteiger partial charge is 0.383 e. The lowest BCUT2D eigenvalue weighted by Crippen LogP contribution is -2.45. The smallest absolute Gasteiger partial charge is 0.142 e. The Morgan fingerprint density at radius 2 is 1.94 bits per heavy atom. The van der Waals surface area contributed by atoms with Gasteiger partial charge in [0.15, 0.2) is 0 Å². The van der Waals surface area contributed by atoms with E-state index in [0.717, 1.165) is 39.9 Å². The Bertz CT molecular complexity index is 1320. The number of aromatic nitrogens is 1. The summed E-state index contributed by atoms with van der Waals surface area (Å²) >= 11 is 6.77. The first kappa shape index (κ1) is 21.9. The number of hydrogen-bond donors (Lipinski definition) is 1. The van der Waals surface area contributed by atoms with Gasteiger partial charge in [-0.05, 0) is 86.1 Å². The summed E-state index contributed by atoms with van der Waals surface area (Å²) in [6.07, 6.45) is 3.06. The highest BCUT2D eigenvalue weighted by Crippen LogP contribution is 2.47. The monoisotopic (exact) mass is 443 g/mol. The van der Waals surface area contributed by atoms with Crippen LogP contribution in [0, 0.1) is 29.6 Å². The zero-order valence-electron chi connectivity index (χ0n) is 19.3. The van der Waals surface area contributed by atoms with Crippen molar-refractivity contribution < 1.29 is 0 Å². The molecule has 1 aromatic heterocycles. The molecule has 1 atom stereocenters. The molecule has 0 fully saturated rings. The van der Waals surface area contributed by atoms with Crippen LogP contribution in [0.4, 0.5) is 11.5 Å². The summed E-state index contributed by atoms with van der Waals surface area (Å²) in [5.41, 5.74) is 13.9. The molecule has 0 bridgehead atoms. The number of nitriles is 2. The maximum absolute atomic E-state index is 9.79. The average molecular weight is 444 g/mol. The van der Waals surface area contributed by atoms with E-state index in [2.05, 4.69) is 55.9 Å². The Morgan fingerprint density at radius 3 is 2.56 bits per heavy atom. The number of nitrogen functional groups attached to an aromatic ring is 1. The summed E-state index contributed by atoms with van der Waals surface area (Å²) in [6.45, 7) is 10.5. The minimum atomic E-state index is 0.0531. The Morgan fingerprint density at radius 1 is 1.25 bits per heavy atom. The van der Waals surface area contributed by atoms with Crippen LogP contribution >= 0.6 is 11.6 Å². The molecule has 2 N–H and O–H groups in total. The Hall–Kier alpha value is -3.28. The zero-order valence-corrected chi connectivity index (χ0v) is 20.0. The van der Waals surface area contributed by atoms with Gasteiger partial charge in [-0.3, -0.25) is 0 Å². The molecule has 2 aromatic rings. The summed E-state index contributed by atoms with van der Waals surface area (Å²) in [6, 6.07) is 8.60. The van der Waals surface area contributed by atoms with Gasteiger partial charge in [-0.25, -0.2) is 4.98 Å². The summed E-state index contributed by atoms with van der Waals surface area (Å²) in [5.74, 6) is 0.540. The van der Waals surface area contributed by atoms with Crippen molar-refractivity contribution in [2.45, 2.75) is 52.5 Å². The predicted molar refractivity (Wildman–Crippen MR) is 131 cm³/mol. The fourth-order valence-corrected chi connectivity index (χ4v) is 5.28. The summed E-state index contributed by atoms with van der Waals surface area (Å²) in [7, 11) is 2.11. The molecule has 0 saturated heterocycles. The number of hydrogen-bond acceptors (Lipinski definition) is 5. The predicted octanol–water partition coefficient (Wildman–Crippen LogP) is 6.07. The van der Waals surface area contributed by atoms with Gasteiger partial charge in [-0.1, -0.05) is 18.5 Å². The van der Waals surface area contributed by atoms with E-state index in [1.165, 1.54) is 5.56 Å². The van der Waals surface area contributed by atoms with Crippen molar-refractivity contribution in [2.24, 2.45) is 0 Å². The van der Waals surface area contributed by atoms with Crippen LogP contribution in [0.3, 0.4) is 0 Å². The number of halogens is 1. The molecule has 1 aliphatic heterocycles. The molecule has 2 heterocycles. The van der Waals surface area contributed by atoms with E-state index in [9.17, 15) is 10.5 Å². The van der Waals surface area contributed by atoms with Crippen molar-refractivity contribution in [3.05, 3.63) is 56.2 Å². The van der Waals surface area contributed by atoms with Gasteiger partial charge in [-0.15, -0.1) is 0 Å². The highest BCUT2D eigenvalue weighted by molar-refractivity contribution is 6.32. The lowest BCUT2D eigenvalue weighted by Gasteiger charge is -2.45. The Labute approximate surface area is 194 Å². The van der Waals surface area contributed by atoms with E-state index >= 15 is 0 Å². The number of benzene rings is 1. The first-order valence-corrected chi connectivity index (χ1v) is 11.0. The van der Waals surface area contributed by atoms with Gasteiger partial charge in [0, 0.05) is 28.9 Å². The van der Waals surface area contributed by atoms with Crippen LogP contribution < -0.4 is 10.6 Å². The second-order valence-corrected chi connectivity index (χ2v) is 9.82. The second kappa shape index (κ2) is 7.40. The van der Waals surface area contributed by atoms with Crippen LogP contribution in [0.1, 0.15) is 73.5 Å². The normalized spacial score (nSPS) is 20.1. The standard InChI is InChI=1S/C26H26ClN5/c1-13-10-26(4,5)32(6)22-9-21(27)16(7-17(13)22)8-18-14(2)19(11-28)24-23(18)15(3)20(12-29)25(30)31-24/h7-9,13H,10H2,1-6H3,(H2,30,31)/b18-8-/t13-/m0/s1. The first-order valence-electron chi connectivity index (χ1n) is 10.6. The first-order chi connectivity index (χ1) is 15.0. The fourth-order valence-electron chi connectivity index (χ4n) is 5.07. The Balaban J connectivity index is 1.96. The van der Waals surface area contributed by atoms with Gasteiger partial charge < -0.3 is 10.6 Å². The number of nitrogens with two attached hydrogens (primary N) is 1. The SMILES string of the molecule is CC1=C(C#N)c2nc(N)c(C#N)c(C)c2/C1=C\c1cc2c(cc1Cl)N(C)C(C)(C)C[C@@H]2C. The topological polar surface area (TPSA) is 89.7 Å². The Kier molecular flexibility index (Phi) is 5.07. The van der Waals surface area contributed by atoms with Gasteiger partial charge in [-0.2, -0.15) is 10.5 Å². The summed E-state index contributed by atoms with van der Waals surface area (Å²) in [5, 5.41) is 20.0. The number of fused-ring (bicyclic) bond motifs is 2. The lowest BCUT2D eigenvalue weighted by atomic mass is 9.80. The van der Waals surface area contributed by atoms with E-state index in [-0.39, 0.29) is 11.4 Å². The van der Waals surface area contributed by atoms with Gasteiger partial charge in [0.25, 0.3) is 0 Å². The van der Waals surface area contributed by atoms with Crippen LogP contribution in [-0.4, -0.2) is 17.6 Å². The van der Waals surface area contributed by atoms with Gasteiger partial charge in [0.2, 0.25) is 0 Å². The third-order valence-corrected chi connectivity index (χ3v) is 7.36. The molecule has 32 heavy (non-hydrogen) atoms. The molecule has 0 saturated carbocycles. The molecule has 0 unspecified atom stereocenters. The lowest BCUT2D eigenvalue weighted by molar-refractivity contribution is 0.395. The molecule has 0 radical (unpaired) electrons. The van der Waals surface area contributed by atoms with Gasteiger partial charge in [0.1, 0.15) is 18.0 Å². The van der Waals surface area contributed by atoms with Gasteiger partial charge in [0.05, 0.1) is 16.8 Å². The van der Waals surface area contributed by atoms with Crippen LogP contribution in [-0.2, 0) is 0 Å². The third kappa shape index (κ3) is 3.08. The molecule has 0 spiro atoms. The number of nitrogens with zero attached hydrogens (tertiary/aromatic N) is 4. The van der Waals surface area contributed by atoms with Crippen LogP contribution in [0.15, 0.2) is 17.7 Å². The number of rotatable bonds is 1. The third-order valence-electron chi connectivity index (χ3n) is 7.04. The van der Waals surface area contributed by atoms with Crippen molar-refractivity contribution in [3.8, 4) is 12.1 Å². The molecule has 4 rings (SSSR count). The van der Waals surface area contributed by atoms with Gasteiger partial charge >= 0.3 is 0 Å². The molecule has 0 amide bonds. The van der Waals surface area contributed by atoms with E-state index in [1.54, 1.807) is 0 Å². The highest BCUT2D eigenvalue weighted by Gasteiger charge is 2.35. The highest BCUT2D eigenvalue weighted by atomic mass is 35.5. The average Bonchev–Trinajstić information content (AvgIpc) is 2.98. The van der Waals surface area contributed by atoms with Crippen LogP contribution in [0.2, 0.25) is 5.02 Å². The maximum atomic E-state index is 9.79. The van der Waals surface area contributed by atoms with Crippen molar-refractivity contribution in [1.29, 1.82) is 10.5 Å². The van der Waals surface area contributed by atoms with E-state index in [1.807, 2.05) is 26.0 Å². The zero-order chi connectivity index (χ0) is 23.5. The van der Waals surface area contributed by atoms with E-state index in [4.69, 9.17) is 17.3 Å². The van der Waals surface area contributed by atoms with E-state index < -0.39 is 0 Å². The summed E-state index contributed by atoms with van der Waals surface area (Å²) in [4.78, 5) is 6.70. The minimum absolute atomic E-state index is 0.0531. The maximum Gasteiger partial charge on any atom is 0.142 e. The summed E-state index contributed by atoms with van der Waals surface area (Å²) < 4.78 is 0. The van der Waals surface area contributed by atoms with Crippen LogP contribution in [0.25, 0.3) is 17.2 Å². The van der Waals surface area contributed by atoms with Crippen LogP contribution in [0.5, 0.6) is 0 Å². The number of anilines is 2. The molecule has 1 aromatic carbocycles. The molecule has 5 nitrogen and oxygen atoms in total. The minimum Gasteiger partial charge on any atom is -0.383 e. The van der Waals surface area contributed by atoms with Crippen molar-refractivity contribution in [2.75, 3.05) is 17.7 Å². The molecule has 162 valence electrons. The van der Waals surface area contributed by atoms with Crippen molar-refractivity contribution in [3.63, 3.8) is 0 Å². The number of pyridine rings is 1. The quantitative estimate of drug-likeness (QED) is 0.577. The fraction of sp³-hybridized carbons (Fsp3) is 0.346. The van der Waals surface area contributed by atoms with Crippen molar-refractivity contribution in [1.82, 2.24) is 4.98 Å². The number of allylic oxidation sites excluding steroid dienone is 3. The van der Waals surface area contributed by atoms with Crippen molar-refractivity contribution >= 4 is 40.3 Å².